The molecule has 102 valence electrons. The van der Waals surface area contributed by atoms with E-state index in [9.17, 15) is 4.79 Å². The van der Waals surface area contributed by atoms with Gasteiger partial charge in [0, 0.05) is 17.0 Å². The molecule has 0 radical (unpaired) electrons. The summed E-state index contributed by atoms with van der Waals surface area (Å²) in [6.45, 7) is 0.277. The number of rotatable bonds is 4. The summed E-state index contributed by atoms with van der Waals surface area (Å²) in [5, 5.41) is 13.6. The van der Waals surface area contributed by atoms with Crippen molar-refractivity contribution < 1.29 is 9.90 Å². The van der Waals surface area contributed by atoms with Crippen LogP contribution < -0.4 is 5.32 Å². The van der Waals surface area contributed by atoms with Crippen molar-refractivity contribution in [3.05, 3.63) is 57.8 Å². The predicted octanol–water partition coefficient (Wildman–Crippen LogP) is 1.95. The number of benzene rings is 1. The van der Waals surface area contributed by atoms with Crippen molar-refractivity contribution in [2.24, 2.45) is 0 Å². The average molecular weight is 285 g/mol. The highest BCUT2D eigenvalue weighted by atomic mass is 32.1. The Labute approximate surface area is 122 Å². The molecule has 3 nitrogen and oxygen atoms in total. The second-order valence-electron chi connectivity index (χ2n) is 4.15. The van der Waals surface area contributed by atoms with Gasteiger partial charge in [0.15, 0.2) is 0 Å². The quantitative estimate of drug-likeness (QED) is 0.844. The number of aliphatic hydroxyl groups is 1. The number of hydrogen-bond donors (Lipinski definition) is 2. The van der Waals surface area contributed by atoms with Crippen LogP contribution in [0.1, 0.15) is 16.0 Å². The third kappa shape index (κ3) is 4.23. The van der Waals surface area contributed by atoms with Gasteiger partial charge in [-0.3, -0.25) is 4.79 Å². The summed E-state index contributed by atoms with van der Waals surface area (Å²) in [7, 11) is 0. The van der Waals surface area contributed by atoms with Gasteiger partial charge in [-0.25, -0.2) is 0 Å². The molecule has 2 rings (SSSR count). The third-order valence-corrected chi connectivity index (χ3v) is 3.59. The number of aliphatic hydroxyl groups excluding tert-OH is 1. The number of thiophene rings is 1. The average Bonchev–Trinajstić information content (AvgIpc) is 2.96. The van der Waals surface area contributed by atoms with Gasteiger partial charge in [0.25, 0.3) is 0 Å². The summed E-state index contributed by atoms with van der Waals surface area (Å²) < 4.78 is 0. The summed E-state index contributed by atoms with van der Waals surface area (Å²) in [5.41, 5.74) is 1.78. The fourth-order valence-corrected chi connectivity index (χ4v) is 2.46. The minimum atomic E-state index is -0.168. The zero-order chi connectivity index (χ0) is 14.2. The minimum absolute atomic E-state index is 0.00243. The highest BCUT2D eigenvalue weighted by Crippen LogP contribution is 2.10. The molecular weight excluding hydrogens is 270 g/mol. The van der Waals surface area contributed by atoms with Crippen molar-refractivity contribution in [2.75, 3.05) is 6.61 Å². The Morgan fingerprint density at radius 1 is 1.25 bits per heavy atom. The van der Waals surface area contributed by atoms with Gasteiger partial charge in [0.05, 0.1) is 6.42 Å². The predicted molar refractivity (Wildman–Crippen MR) is 80.3 cm³/mol. The van der Waals surface area contributed by atoms with Gasteiger partial charge in [-0.1, -0.05) is 36.1 Å². The van der Waals surface area contributed by atoms with Crippen molar-refractivity contribution in [1.29, 1.82) is 0 Å². The van der Waals surface area contributed by atoms with E-state index in [1.807, 2.05) is 41.8 Å². The fourth-order valence-electron chi connectivity index (χ4n) is 1.76. The molecule has 1 aromatic carbocycles. The molecule has 0 aliphatic rings. The zero-order valence-electron chi connectivity index (χ0n) is 10.9. The molecule has 2 N–H and O–H groups in total. The molecule has 0 atom stereocenters. The maximum absolute atomic E-state index is 11.8. The van der Waals surface area contributed by atoms with E-state index < -0.39 is 0 Å². The van der Waals surface area contributed by atoms with E-state index in [-0.39, 0.29) is 12.5 Å². The normalized spacial score (nSPS) is 9.65. The summed E-state index contributed by atoms with van der Waals surface area (Å²) >= 11 is 1.58. The third-order valence-electron chi connectivity index (χ3n) is 2.71. The molecule has 0 saturated carbocycles. The molecule has 2 aromatic rings. The number of hydrogen-bond acceptors (Lipinski definition) is 3. The zero-order valence-corrected chi connectivity index (χ0v) is 11.7. The molecule has 1 aromatic heterocycles. The Bertz CT molecular complexity index is 623. The lowest BCUT2D eigenvalue weighted by atomic mass is 10.1. The minimum Gasteiger partial charge on any atom is -0.384 e. The van der Waals surface area contributed by atoms with Crippen LogP contribution in [0.2, 0.25) is 0 Å². The number of nitrogens with one attached hydrogen (secondary N) is 1. The lowest BCUT2D eigenvalue weighted by Gasteiger charge is -2.06. The summed E-state index contributed by atoms with van der Waals surface area (Å²) in [6.07, 6.45) is 0.405. The Kier molecular flexibility index (Phi) is 5.36. The van der Waals surface area contributed by atoms with Crippen LogP contribution in [0.4, 0.5) is 0 Å². The molecule has 4 heteroatoms. The number of carbonyl (C=O) groups excluding carboxylic acids is 1. The van der Waals surface area contributed by atoms with Crippen LogP contribution >= 0.6 is 11.3 Å². The van der Waals surface area contributed by atoms with Crippen LogP contribution in [0.25, 0.3) is 0 Å². The topological polar surface area (TPSA) is 49.3 Å². The highest BCUT2D eigenvalue weighted by Gasteiger charge is 2.05. The van der Waals surface area contributed by atoms with Crippen molar-refractivity contribution >= 4 is 17.2 Å². The van der Waals surface area contributed by atoms with Crippen LogP contribution in [0.15, 0.2) is 41.8 Å². The van der Waals surface area contributed by atoms with Gasteiger partial charge < -0.3 is 10.4 Å². The van der Waals surface area contributed by atoms with Crippen LogP contribution in [0, 0.1) is 11.8 Å². The van der Waals surface area contributed by atoms with Gasteiger partial charge in [-0.05, 0) is 23.1 Å². The second kappa shape index (κ2) is 7.49. The van der Waals surface area contributed by atoms with E-state index in [0.717, 1.165) is 16.0 Å². The lowest BCUT2D eigenvalue weighted by molar-refractivity contribution is -0.120. The van der Waals surface area contributed by atoms with Gasteiger partial charge in [0.2, 0.25) is 5.91 Å². The van der Waals surface area contributed by atoms with Crippen molar-refractivity contribution in [1.82, 2.24) is 5.32 Å². The van der Waals surface area contributed by atoms with Crippen LogP contribution in [0.3, 0.4) is 0 Å². The first kappa shape index (κ1) is 14.3. The van der Waals surface area contributed by atoms with Crippen molar-refractivity contribution in [2.45, 2.75) is 13.0 Å². The van der Waals surface area contributed by atoms with E-state index in [2.05, 4.69) is 17.2 Å². The maximum Gasteiger partial charge on any atom is 0.225 e. The molecule has 0 spiro atoms. The molecule has 1 heterocycles. The Hall–Kier alpha value is -2.09. The van der Waals surface area contributed by atoms with Gasteiger partial charge >= 0.3 is 0 Å². The summed E-state index contributed by atoms with van der Waals surface area (Å²) in [5.74, 6) is 5.50. The Morgan fingerprint density at radius 3 is 2.85 bits per heavy atom. The SMILES string of the molecule is O=C(Cc1cccs1)NCc1ccccc1C#CCO. The van der Waals surface area contributed by atoms with E-state index in [1.54, 1.807) is 11.3 Å². The molecule has 0 unspecified atom stereocenters. The molecular formula is C16H15NO2S. The van der Waals surface area contributed by atoms with E-state index in [1.165, 1.54) is 0 Å². The Balaban J connectivity index is 1.95. The standard InChI is InChI=1S/C16H15NO2S/c18-9-3-7-13-5-1-2-6-14(13)12-17-16(19)11-15-8-4-10-20-15/h1-2,4-6,8,10,18H,9,11-12H2,(H,17,19). The molecule has 0 bridgehead atoms. The smallest absolute Gasteiger partial charge is 0.225 e. The first-order valence-electron chi connectivity index (χ1n) is 6.26. The first-order chi connectivity index (χ1) is 9.79. The number of amides is 1. The summed E-state index contributed by atoms with van der Waals surface area (Å²) in [6, 6.07) is 11.5. The Morgan fingerprint density at radius 2 is 2.10 bits per heavy atom. The van der Waals surface area contributed by atoms with E-state index >= 15 is 0 Å². The monoisotopic (exact) mass is 285 g/mol. The van der Waals surface area contributed by atoms with Crippen molar-refractivity contribution in [3.63, 3.8) is 0 Å². The van der Waals surface area contributed by atoms with Crippen LogP contribution in [-0.4, -0.2) is 17.6 Å². The summed E-state index contributed by atoms with van der Waals surface area (Å²) in [4.78, 5) is 12.9. The van der Waals surface area contributed by atoms with E-state index in [0.29, 0.717) is 13.0 Å². The molecule has 0 aliphatic heterocycles. The van der Waals surface area contributed by atoms with E-state index in [4.69, 9.17) is 5.11 Å². The highest BCUT2D eigenvalue weighted by molar-refractivity contribution is 7.10. The van der Waals surface area contributed by atoms with Crippen LogP contribution in [0.5, 0.6) is 0 Å². The molecule has 1 amide bonds. The fraction of sp³-hybridized carbons (Fsp3) is 0.188. The molecule has 0 aliphatic carbocycles. The van der Waals surface area contributed by atoms with Gasteiger partial charge in [-0.2, -0.15) is 0 Å². The largest absolute Gasteiger partial charge is 0.384 e. The molecule has 20 heavy (non-hydrogen) atoms. The lowest BCUT2D eigenvalue weighted by Crippen LogP contribution is -2.24. The molecule has 0 fully saturated rings. The second-order valence-corrected chi connectivity index (χ2v) is 5.18. The first-order valence-corrected chi connectivity index (χ1v) is 7.14. The number of carbonyl (C=O) groups is 1. The molecule has 0 saturated heterocycles. The van der Waals surface area contributed by atoms with Crippen molar-refractivity contribution in [3.8, 4) is 11.8 Å². The maximum atomic E-state index is 11.8. The van der Waals surface area contributed by atoms with Gasteiger partial charge in [0.1, 0.15) is 6.61 Å². The van der Waals surface area contributed by atoms with Gasteiger partial charge in [-0.15, -0.1) is 11.3 Å². The van der Waals surface area contributed by atoms with Crippen LogP contribution in [-0.2, 0) is 17.8 Å².